The minimum absolute atomic E-state index is 0.122. The van der Waals surface area contributed by atoms with Crippen LogP contribution in [0.15, 0.2) is 18.3 Å². The van der Waals surface area contributed by atoms with E-state index >= 15 is 0 Å². The van der Waals surface area contributed by atoms with E-state index in [9.17, 15) is 9.90 Å². The third-order valence-electron chi connectivity index (χ3n) is 4.11. The first-order valence-corrected chi connectivity index (χ1v) is 6.29. The van der Waals surface area contributed by atoms with Gasteiger partial charge in [-0.3, -0.25) is 4.79 Å². The van der Waals surface area contributed by atoms with E-state index in [4.69, 9.17) is 0 Å². The predicted octanol–water partition coefficient (Wildman–Crippen LogP) is 1.15. The molecule has 2 atom stereocenters. The van der Waals surface area contributed by atoms with Crippen LogP contribution in [0.3, 0.4) is 0 Å². The van der Waals surface area contributed by atoms with Crippen LogP contribution in [0.5, 0.6) is 0 Å². The smallest absolute Gasteiger partial charge is 0.270 e. The number of carbonyl (C=O) groups excluding carboxylic acids is 1. The van der Waals surface area contributed by atoms with Gasteiger partial charge in [0.25, 0.3) is 5.91 Å². The van der Waals surface area contributed by atoms with Crippen LogP contribution in [-0.4, -0.2) is 38.7 Å². The number of rotatable bonds is 1. The van der Waals surface area contributed by atoms with Gasteiger partial charge in [0.15, 0.2) is 0 Å². The van der Waals surface area contributed by atoms with Crippen molar-refractivity contribution in [2.75, 3.05) is 0 Å². The first-order chi connectivity index (χ1) is 8.16. The van der Waals surface area contributed by atoms with Gasteiger partial charge in [-0.1, -0.05) is 0 Å². The lowest BCUT2D eigenvalue weighted by molar-refractivity contribution is 0.0280. The number of aliphatic hydroxyl groups excluding tert-OH is 1. The molecule has 0 saturated carbocycles. The molecule has 3 heterocycles. The Hall–Kier alpha value is -1.29. The summed E-state index contributed by atoms with van der Waals surface area (Å²) in [6.45, 7) is 0. The molecule has 0 radical (unpaired) electrons. The molecular weight excluding hydrogens is 216 g/mol. The highest BCUT2D eigenvalue weighted by Crippen LogP contribution is 2.36. The van der Waals surface area contributed by atoms with E-state index in [0.29, 0.717) is 0 Å². The summed E-state index contributed by atoms with van der Waals surface area (Å²) in [5, 5.41) is 9.73. The molecule has 1 aromatic rings. The first kappa shape index (κ1) is 10.8. The third kappa shape index (κ3) is 1.67. The summed E-state index contributed by atoms with van der Waals surface area (Å²) in [5.41, 5.74) is 0.748. The number of amides is 1. The molecule has 2 fully saturated rings. The largest absolute Gasteiger partial charge is 0.393 e. The van der Waals surface area contributed by atoms with Crippen molar-refractivity contribution in [1.82, 2.24) is 9.47 Å². The number of carbonyl (C=O) groups is 1. The zero-order chi connectivity index (χ0) is 12.0. The highest BCUT2D eigenvalue weighted by molar-refractivity contribution is 5.93. The quantitative estimate of drug-likeness (QED) is 0.792. The summed E-state index contributed by atoms with van der Waals surface area (Å²) in [6, 6.07) is 4.25. The van der Waals surface area contributed by atoms with Gasteiger partial charge in [0, 0.05) is 25.3 Å². The molecule has 0 aliphatic carbocycles. The monoisotopic (exact) mass is 234 g/mol. The van der Waals surface area contributed by atoms with Crippen LogP contribution in [0.1, 0.15) is 36.2 Å². The van der Waals surface area contributed by atoms with Gasteiger partial charge in [-0.25, -0.2) is 0 Å². The normalized spacial score (nSPS) is 31.9. The fourth-order valence-electron chi connectivity index (χ4n) is 3.30. The van der Waals surface area contributed by atoms with E-state index in [0.717, 1.165) is 31.4 Å². The van der Waals surface area contributed by atoms with Crippen LogP contribution in [-0.2, 0) is 7.05 Å². The number of piperidine rings is 1. The van der Waals surface area contributed by atoms with Gasteiger partial charge in [-0.2, -0.15) is 0 Å². The van der Waals surface area contributed by atoms with Gasteiger partial charge in [-0.05, 0) is 37.8 Å². The average Bonchev–Trinajstić information content (AvgIpc) is 2.81. The van der Waals surface area contributed by atoms with Crippen LogP contribution in [0.4, 0.5) is 0 Å². The van der Waals surface area contributed by atoms with Crippen molar-refractivity contribution in [3.8, 4) is 0 Å². The summed E-state index contributed by atoms with van der Waals surface area (Å²) in [6.07, 6.45) is 5.24. The first-order valence-electron chi connectivity index (χ1n) is 6.29. The van der Waals surface area contributed by atoms with E-state index in [1.54, 1.807) is 0 Å². The molecule has 0 aromatic carbocycles. The second-order valence-electron chi connectivity index (χ2n) is 5.23. The third-order valence-corrected chi connectivity index (χ3v) is 4.11. The van der Waals surface area contributed by atoms with Crippen molar-refractivity contribution in [2.24, 2.45) is 7.05 Å². The number of hydrogen-bond acceptors (Lipinski definition) is 2. The van der Waals surface area contributed by atoms with Crippen LogP contribution in [0.25, 0.3) is 0 Å². The van der Waals surface area contributed by atoms with E-state index in [-0.39, 0.29) is 24.1 Å². The maximum atomic E-state index is 12.5. The maximum Gasteiger partial charge on any atom is 0.270 e. The SMILES string of the molecule is Cn1cccc1C(=O)N1C2CCC1CC(O)C2. The lowest BCUT2D eigenvalue weighted by Gasteiger charge is -2.37. The molecule has 0 spiro atoms. The molecule has 17 heavy (non-hydrogen) atoms. The van der Waals surface area contributed by atoms with Crippen molar-refractivity contribution >= 4 is 5.91 Å². The molecule has 2 aliphatic heterocycles. The molecule has 3 rings (SSSR count). The number of fused-ring (bicyclic) bond motifs is 2. The van der Waals surface area contributed by atoms with Crippen LogP contribution in [0, 0.1) is 0 Å². The van der Waals surface area contributed by atoms with Crippen LogP contribution < -0.4 is 0 Å². The van der Waals surface area contributed by atoms with Gasteiger partial charge in [-0.15, -0.1) is 0 Å². The zero-order valence-electron chi connectivity index (χ0n) is 10.0. The Bertz CT molecular complexity index is 426. The number of aliphatic hydroxyl groups is 1. The molecule has 1 amide bonds. The Morgan fingerprint density at radius 1 is 1.35 bits per heavy atom. The van der Waals surface area contributed by atoms with E-state index in [2.05, 4.69) is 0 Å². The Morgan fingerprint density at radius 3 is 2.53 bits per heavy atom. The van der Waals surface area contributed by atoms with Crippen molar-refractivity contribution in [2.45, 2.75) is 43.9 Å². The van der Waals surface area contributed by atoms with Crippen molar-refractivity contribution in [3.05, 3.63) is 24.0 Å². The standard InChI is InChI=1S/C13H18N2O2/c1-14-6-2-3-12(14)13(17)15-9-4-5-10(15)8-11(16)7-9/h2-3,6,9-11,16H,4-5,7-8H2,1H3. The van der Waals surface area contributed by atoms with E-state index in [1.165, 1.54) is 0 Å². The van der Waals surface area contributed by atoms with Crippen molar-refractivity contribution in [3.63, 3.8) is 0 Å². The molecule has 1 N–H and O–H groups in total. The molecule has 2 bridgehead atoms. The number of nitrogens with zero attached hydrogens (tertiary/aromatic N) is 2. The lowest BCUT2D eigenvalue weighted by Crippen LogP contribution is -2.48. The topological polar surface area (TPSA) is 45.5 Å². The highest BCUT2D eigenvalue weighted by atomic mass is 16.3. The minimum atomic E-state index is -0.218. The molecular formula is C13H18N2O2. The number of hydrogen-bond donors (Lipinski definition) is 1. The van der Waals surface area contributed by atoms with E-state index in [1.807, 2.05) is 34.8 Å². The maximum absolute atomic E-state index is 12.5. The van der Waals surface area contributed by atoms with Crippen molar-refractivity contribution in [1.29, 1.82) is 0 Å². The molecule has 4 nitrogen and oxygen atoms in total. The highest BCUT2D eigenvalue weighted by Gasteiger charge is 2.43. The molecule has 2 saturated heterocycles. The van der Waals surface area contributed by atoms with Gasteiger partial charge in [0.05, 0.1) is 6.10 Å². The van der Waals surface area contributed by atoms with Gasteiger partial charge in [0.2, 0.25) is 0 Å². The average molecular weight is 234 g/mol. The summed E-state index contributed by atoms with van der Waals surface area (Å²) in [4.78, 5) is 14.5. The fourth-order valence-corrected chi connectivity index (χ4v) is 3.30. The van der Waals surface area contributed by atoms with Crippen LogP contribution in [0.2, 0.25) is 0 Å². The summed E-state index contributed by atoms with van der Waals surface area (Å²) < 4.78 is 1.87. The number of aromatic nitrogens is 1. The Kier molecular flexibility index (Phi) is 2.47. The second-order valence-corrected chi connectivity index (χ2v) is 5.23. The second kappa shape index (κ2) is 3.88. The van der Waals surface area contributed by atoms with Crippen LogP contribution >= 0.6 is 0 Å². The molecule has 1 aromatic heterocycles. The Balaban J connectivity index is 1.86. The zero-order valence-corrected chi connectivity index (χ0v) is 10.0. The molecule has 92 valence electrons. The molecule has 2 aliphatic rings. The fraction of sp³-hybridized carbons (Fsp3) is 0.615. The molecule has 2 unspecified atom stereocenters. The number of aryl methyl sites for hydroxylation is 1. The lowest BCUT2D eigenvalue weighted by atomic mass is 9.99. The van der Waals surface area contributed by atoms with Crippen molar-refractivity contribution < 1.29 is 9.90 Å². The van der Waals surface area contributed by atoms with Gasteiger partial charge in [0.1, 0.15) is 5.69 Å². The predicted molar refractivity (Wildman–Crippen MR) is 63.6 cm³/mol. The summed E-state index contributed by atoms with van der Waals surface area (Å²) >= 11 is 0. The van der Waals surface area contributed by atoms with E-state index < -0.39 is 0 Å². The summed E-state index contributed by atoms with van der Waals surface area (Å²) in [7, 11) is 1.90. The Labute approximate surface area is 101 Å². The van der Waals surface area contributed by atoms with Gasteiger partial charge >= 0.3 is 0 Å². The molecule has 4 heteroatoms. The summed E-state index contributed by atoms with van der Waals surface area (Å²) in [5.74, 6) is 0.122. The minimum Gasteiger partial charge on any atom is -0.393 e. The Morgan fingerprint density at radius 2 is 2.00 bits per heavy atom. The van der Waals surface area contributed by atoms with Gasteiger partial charge < -0.3 is 14.6 Å².